The van der Waals surface area contributed by atoms with Crippen molar-refractivity contribution in [3.8, 4) is 5.75 Å². The predicted octanol–water partition coefficient (Wildman–Crippen LogP) is 3.03. The van der Waals surface area contributed by atoms with E-state index < -0.39 is 5.54 Å². The number of urea groups is 1. The van der Waals surface area contributed by atoms with Crippen molar-refractivity contribution in [2.75, 3.05) is 6.61 Å². The number of carbonyl (C=O) groups is 2. The number of nitrogens with zero attached hydrogens (tertiary/aromatic N) is 2. The molecule has 1 aromatic heterocycles. The van der Waals surface area contributed by atoms with E-state index in [4.69, 9.17) is 4.74 Å². The molecule has 6 nitrogen and oxygen atoms in total. The molecular formula is C19H15N3O3S. The molecule has 0 saturated carbocycles. The summed E-state index contributed by atoms with van der Waals surface area (Å²) in [4.78, 5) is 31.7. The summed E-state index contributed by atoms with van der Waals surface area (Å²) in [5, 5.41) is 3.66. The number of amides is 3. The van der Waals surface area contributed by atoms with E-state index in [9.17, 15) is 9.59 Å². The largest absolute Gasteiger partial charge is 0.493 e. The minimum absolute atomic E-state index is 0.175. The third-order valence-corrected chi connectivity index (χ3v) is 5.91. The molecule has 2 aromatic carbocycles. The van der Waals surface area contributed by atoms with Crippen LogP contribution in [0.1, 0.15) is 17.0 Å². The summed E-state index contributed by atoms with van der Waals surface area (Å²) in [5.41, 5.74) is 0.560. The van der Waals surface area contributed by atoms with Crippen LogP contribution in [0.25, 0.3) is 10.2 Å². The Morgan fingerprint density at radius 2 is 1.96 bits per heavy atom. The molecule has 0 unspecified atom stereocenters. The Labute approximate surface area is 153 Å². The first-order chi connectivity index (χ1) is 12.7. The minimum Gasteiger partial charge on any atom is -0.493 e. The van der Waals surface area contributed by atoms with Gasteiger partial charge in [-0.15, -0.1) is 11.3 Å². The molecule has 0 bridgehead atoms. The molecule has 7 heteroatoms. The van der Waals surface area contributed by atoms with Gasteiger partial charge in [-0.05, 0) is 18.2 Å². The van der Waals surface area contributed by atoms with E-state index in [1.165, 1.54) is 16.2 Å². The van der Waals surface area contributed by atoms with Crippen LogP contribution in [-0.4, -0.2) is 28.4 Å². The van der Waals surface area contributed by atoms with Gasteiger partial charge in [-0.2, -0.15) is 0 Å². The molecule has 1 spiro atoms. The van der Waals surface area contributed by atoms with Crippen molar-refractivity contribution in [1.82, 2.24) is 15.2 Å². The lowest BCUT2D eigenvalue weighted by Gasteiger charge is -2.33. The molecular weight excluding hydrogens is 350 g/mol. The summed E-state index contributed by atoms with van der Waals surface area (Å²) in [7, 11) is 0. The quantitative estimate of drug-likeness (QED) is 0.709. The van der Waals surface area contributed by atoms with Crippen molar-refractivity contribution >= 4 is 33.5 Å². The van der Waals surface area contributed by atoms with Gasteiger partial charge in [0.15, 0.2) is 5.54 Å². The summed E-state index contributed by atoms with van der Waals surface area (Å²) in [6, 6.07) is 14.8. The maximum atomic E-state index is 13.2. The molecule has 1 saturated heterocycles. The van der Waals surface area contributed by atoms with Crippen LogP contribution < -0.4 is 10.1 Å². The van der Waals surface area contributed by atoms with Gasteiger partial charge in [-0.1, -0.05) is 30.3 Å². The molecule has 2 aliphatic rings. The molecule has 3 heterocycles. The SMILES string of the molecule is O=C1N[C@]2(CCOc3ccccc32)C(=O)N1Cc1nc2ccccc2s1. The van der Waals surface area contributed by atoms with Crippen molar-refractivity contribution in [3.63, 3.8) is 0 Å². The van der Waals surface area contributed by atoms with Crippen LogP contribution in [0, 0.1) is 0 Å². The second-order valence-electron chi connectivity index (χ2n) is 6.40. The lowest BCUT2D eigenvalue weighted by Crippen LogP contribution is -2.47. The highest BCUT2D eigenvalue weighted by atomic mass is 32.1. The normalized spacial score (nSPS) is 21.8. The van der Waals surface area contributed by atoms with E-state index in [-0.39, 0.29) is 18.5 Å². The van der Waals surface area contributed by atoms with E-state index in [1.54, 1.807) is 0 Å². The van der Waals surface area contributed by atoms with Gasteiger partial charge < -0.3 is 10.1 Å². The summed E-state index contributed by atoms with van der Waals surface area (Å²) in [5.74, 6) is 0.409. The van der Waals surface area contributed by atoms with Gasteiger partial charge in [-0.25, -0.2) is 9.78 Å². The zero-order chi connectivity index (χ0) is 17.7. The number of ether oxygens (including phenoxy) is 1. The van der Waals surface area contributed by atoms with Crippen molar-refractivity contribution in [2.45, 2.75) is 18.5 Å². The lowest BCUT2D eigenvalue weighted by atomic mass is 9.84. The predicted molar refractivity (Wildman–Crippen MR) is 96.9 cm³/mol. The average molecular weight is 365 g/mol. The first kappa shape index (κ1) is 15.3. The standard InChI is InChI=1S/C19H15N3O3S/c23-17-19(9-10-25-14-7-3-1-5-12(14)19)21-18(24)22(17)11-16-20-13-6-2-4-8-15(13)26-16/h1-8H,9-11H2,(H,21,24)/t19-/m0/s1. The molecule has 1 fully saturated rings. The Morgan fingerprint density at radius 1 is 1.15 bits per heavy atom. The number of hydrogen-bond acceptors (Lipinski definition) is 5. The van der Waals surface area contributed by atoms with E-state index in [0.717, 1.165) is 20.8 Å². The number of benzene rings is 2. The highest BCUT2D eigenvalue weighted by Crippen LogP contribution is 2.41. The summed E-state index contributed by atoms with van der Waals surface area (Å²) in [6.07, 6.45) is 0.422. The van der Waals surface area contributed by atoms with Crippen LogP contribution in [0.15, 0.2) is 48.5 Å². The summed E-state index contributed by atoms with van der Waals surface area (Å²) in [6.45, 7) is 0.562. The average Bonchev–Trinajstić information content (AvgIpc) is 3.17. The Bertz CT molecular complexity index is 1010. The molecule has 0 aliphatic carbocycles. The Kier molecular flexibility index (Phi) is 3.27. The Hall–Kier alpha value is -2.93. The third-order valence-electron chi connectivity index (χ3n) is 4.89. The number of hydrogen-bond donors (Lipinski definition) is 1. The zero-order valence-electron chi connectivity index (χ0n) is 13.8. The van der Waals surface area contributed by atoms with E-state index in [2.05, 4.69) is 10.3 Å². The van der Waals surface area contributed by atoms with Crippen LogP contribution in [-0.2, 0) is 16.9 Å². The third kappa shape index (κ3) is 2.13. The number of thiazole rings is 1. The van der Waals surface area contributed by atoms with Gasteiger partial charge in [-0.3, -0.25) is 9.69 Å². The number of para-hydroxylation sites is 2. The summed E-state index contributed by atoms with van der Waals surface area (Å²) >= 11 is 1.50. The van der Waals surface area contributed by atoms with Gasteiger partial charge in [0.1, 0.15) is 10.8 Å². The van der Waals surface area contributed by atoms with E-state index in [1.807, 2.05) is 48.5 Å². The summed E-state index contributed by atoms with van der Waals surface area (Å²) < 4.78 is 6.70. The van der Waals surface area contributed by atoms with Gasteiger partial charge >= 0.3 is 6.03 Å². The fraction of sp³-hybridized carbons (Fsp3) is 0.211. The lowest BCUT2D eigenvalue weighted by molar-refractivity contribution is -0.133. The molecule has 5 rings (SSSR count). The van der Waals surface area contributed by atoms with Gasteiger partial charge in [0.2, 0.25) is 0 Å². The van der Waals surface area contributed by atoms with Gasteiger partial charge in [0.05, 0.1) is 23.4 Å². The van der Waals surface area contributed by atoms with Crippen LogP contribution in [0.4, 0.5) is 4.79 Å². The monoisotopic (exact) mass is 365 g/mol. The van der Waals surface area contributed by atoms with E-state index in [0.29, 0.717) is 18.8 Å². The van der Waals surface area contributed by atoms with Crippen LogP contribution in [0.5, 0.6) is 5.75 Å². The number of carbonyl (C=O) groups excluding carboxylic acids is 2. The van der Waals surface area contributed by atoms with Crippen LogP contribution >= 0.6 is 11.3 Å². The highest BCUT2D eigenvalue weighted by Gasteiger charge is 2.54. The first-order valence-corrected chi connectivity index (χ1v) is 9.20. The molecule has 1 atom stereocenters. The number of aromatic nitrogens is 1. The maximum Gasteiger partial charge on any atom is 0.325 e. The van der Waals surface area contributed by atoms with E-state index >= 15 is 0 Å². The first-order valence-electron chi connectivity index (χ1n) is 8.38. The van der Waals surface area contributed by atoms with Crippen LogP contribution in [0.2, 0.25) is 0 Å². The smallest absolute Gasteiger partial charge is 0.325 e. The zero-order valence-corrected chi connectivity index (χ0v) is 14.6. The Balaban J connectivity index is 1.51. The van der Waals surface area contributed by atoms with Crippen molar-refractivity contribution in [2.24, 2.45) is 0 Å². The van der Waals surface area contributed by atoms with Gasteiger partial charge in [0, 0.05) is 12.0 Å². The second kappa shape index (κ2) is 5.54. The van der Waals surface area contributed by atoms with Crippen molar-refractivity contribution in [1.29, 1.82) is 0 Å². The Morgan fingerprint density at radius 3 is 2.85 bits per heavy atom. The fourth-order valence-electron chi connectivity index (χ4n) is 3.64. The highest BCUT2D eigenvalue weighted by molar-refractivity contribution is 7.18. The fourth-order valence-corrected chi connectivity index (χ4v) is 4.59. The molecule has 130 valence electrons. The molecule has 3 aromatic rings. The maximum absolute atomic E-state index is 13.2. The second-order valence-corrected chi connectivity index (χ2v) is 7.51. The van der Waals surface area contributed by atoms with Gasteiger partial charge in [0.25, 0.3) is 5.91 Å². The number of fused-ring (bicyclic) bond motifs is 3. The molecule has 26 heavy (non-hydrogen) atoms. The minimum atomic E-state index is -1.04. The molecule has 1 N–H and O–H groups in total. The molecule has 2 aliphatic heterocycles. The number of nitrogens with one attached hydrogen (secondary N) is 1. The molecule has 0 radical (unpaired) electrons. The van der Waals surface area contributed by atoms with Crippen molar-refractivity contribution in [3.05, 3.63) is 59.1 Å². The number of rotatable bonds is 2. The molecule has 3 amide bonds. The number of imide groups is 1. The van der Waals surface area contributed by atoms with Crippen LogP contribution in [0.3, 0.4) is 0 Å². The van der Waals surface area contributed by atoms with Crippen molar-refractivity contribution < 1.29 is 14.3 Å². The topological polar surface area (TPSA) is 71.5 Å².